The number of carbonyl (C=O) groups excluding carboxylic acids is 1. The molecule has 128 valence electrons. The van der Waals surface area contributed by atoms with Gasteiger partial charge in [-0.05, 0) is 30.7 Å². The number of ether oxygens (including phenoxy) is 1. The maximum absolute atomic E-state index is 12.4. The molecule has 0 aliphatic heterocycles. The lowest BCUT2D eigenvalue weighted by atomic mass is 10.1. The molecule has 0 fully saturated rings. The summed E-state index contributed by atoms with van der Waals surface area (Å²) in [6.07, 6.45) is 4.01. The summed E-state index contributed by atoms with van der Waals surface area (Å²) < 4.78 is 5.39. The Morgan fingerprint density at radius 3 is 2.88 bits per heavy atom. The maximum Gasteiger partial charge on any atom is 0.262 e. The summed E-state index contributed by atoms with van der Waals surface area (Å²) in [5.74, 6) is 0.0190. The van der Waals surface area contributed by atoms with Crippen molar-refractivity contribution in [2.45, 2.75) is 13.3 Å². The highest BCUT2D eigenvalue weighted by molar-refractivity contribution is 7.15. The molecule has 1 aromatic carbocycles. The van der Waals surface area contributed by atoms with Gasteiger partial charge in [0.1, 0.15) is 5.56 Å². The van der Waals surface area contributed by atoms with Crippen molar-refractivity contribution in [2.75, 3.05) is 11.9 Å². The van der Waals surface area contributed by atoms with E-state index in [0.717, 1.165) is 15.5 Å². The van der Waals surface area contributed by atoms with Crippen molar-refractivity contribution in [3.05, 3.63) is 69.8 Å². The monoisotopic (exact) mass is 373 g/mol. The highest BCUT2D eigenvalue weighted by atomic mass is 35.5. The highest BCUT2D eigenvalue weighted by Gasteiger charge is 2.15. The van der Waals surface area contributed by atoms with Crippen LogP contribution in [0.25, 0.3) is 0 Å². The summed E-state index contributed by atoms with van der Waals surface area (Å²) >= 11 is 7.60. The molecule has 0 radical (unpaired) electrons. The van der Waals surface area contributed by atoms with Gasteiger partial charge in [-0.3, -0.25) is 10.1 Å². The second-order valence-electron chi connectivity index (χ2n) is 5.14. The predicted molar refractivity (Wildman–Crippen MR) is 99.7 cm³/mol. The van der Waals surface area contributed by atoms with E-state index >= 15 is 0 Å². The van der Waals surface area contributed by atoms with Crippen LogP contribution in [0.3, 0.4) is 0 Å². The average molecular weight is 374 g/mol. The van der Waals surface area contributed by atoms with Crippen LogP contribution in [0.5, 0.6) is 5.88 Å². The second kappa shape index (κ2) is 8.09. The molecular formula is C18H16ClN3O2S. The number of benzene rings is 1. The number of anilines is 1. The zero-order valence-electron chi connectivity index (χ0n) is 13.5. The molecule has 0 aliphatic rings. The summed E-state index contributed by atoms with van der Waals surface area (Å²) in [6, 6.07) is 11.0. The predicted octanol–water partition coefficient (Wildman–Crippen LogP) is 4.43. The van der Waals surface area contributed by atoms with Crippen molar-refractivity contribution < 1.29 is 9.53 Å². The summed E-state index contributed by atoms with van der Waals surface area (Å²) in [4.78, 5) is 21.8. The van der Waals surface area contributed by atoms with Crippen LogP contribution in [0.1, 0.15) is 27.7 Å². The number of carbonyl (C=O) groups is 1. The Morgan fingerprint density at radius 1 is 1.24 bits per heavy atom. The molecule has 1 amide bonds. The number of nitrogens with zero attached hydrogens (tertiary/aromatic N) is 2. The SMILES string of the molecule is CCOc1ncccc1C(=O)Nc1ncc(Cc2ccccc2Cl)s1. The molecule has 2 heterocycles. The van der Waals surface area contributed by atoms with Crippen LogP contribution in [-0.2, 0) is 6.42 Å². The molecule has 0 atom stereocenters. The van der Waals surface area contributed by atoms with E-state index in [1.807, 2.05) is 31.2 Å². The normalized spacial score (nSPS) is 10.5. The molecule has 1 N–H and O–H groups in total. The quantitative estimate of drug-likeness (QED) is 0.694. The topological polar surface area (TPSA) is 64.1 Å². The van der Waals surface area contributed by atoms with E-state index in [4.69, 9.17) is 16.3 Å². The standard InChI is InChI=1S/C18H16ClN3O2S/c1-2-24-17-14(7-5-9-20-17)16(23)22-18-21-11-13(25-18)10-12-6-3-4-8-15(12)19/h3-9,11H,2,10H2,1H3,(H,21,22,23). The molecule has 2 aromatic heterocycles. The minimum atomic E-state index is -0.296. The molecule has 0 saturated heterocycles. The number of rotatable bonds is 6. The molecule has 0 bridgehead atoms. The van der Waals surface area contributed by atoms with Crippen molar-refractivity contribution in [1.82, 2.24) is 9.97 Å². The van der Waals surface area contributed by atoms with Crippen molar-refractivity contribution in [2.24, 2.45) is 0 Å². The first kappa shape index (κ1) is 17.4. The van der Waals surface area contributed by atoms with Crippen molar-refractivity contribution in [3.8, 4) is 5.88 Å². The summed E-state index contributed by atoms with van der Waals surface area (Å²) in [6.45, 7) is 2.29. The summed E-state index contributed by atoms with van der Waals surface area (Å²) in [5.41, 5.74) is 1.41. The van der Waals surface area contributed by atoms with E-state index in [9.17, 15) is 4.79 Å². The lowest BCUT2D eigenvalue weighted by Crippen LogP contribution is -2.14. The number of halogens is 1. The van der Waals surface area contributed by atoms with E-state index in [2.05, 4.69) is 15.3 Å². The molecule has 7 heteroatoms. The molecule has 25 heavy (non-hydrogen) atoms. The highest BCUT2D eigenvalue weighted by Crippen LogP contribution is 2.25. The van der Waals surface area contributed by atoms with Crippen LogP contribution in [-0.4, -0.2) is 22.5 Å². The zero-order valence-corrected chi connectivity index (χ0v) is 15.1. The van der Waals surface area contributed by atoms with E-state index in [1.54, 1.807) is 24.5 Å². The lowest BCUT2D eigenvalue weighted by molar-refractivity contribution is 0.102. The Labute approximate surface area is 154 Å². The number of aromatic nitrogens is 2. The molecule has 3 aromatic rings. The molecular weight excluding hydrogens is 358 g/mol. The lowest BCUT2D eigenvalue weighted by Gasteiger charge is -2.07. The van der Waals surface area contributed by atoms with Gasteiger partial charge in [0.05, 0.1) is 6.61 Å². The van der Waals surface area contributed by atoms with Gasteiger partial charge in [-0.25, -0.2) is 9.97 Å². The van der Waals surface area contributed by atoms with Gasteiger partial charge in [-0.1, -0.05) is 29.8 Å². The number of hydrogen-bond donors (Lipinski definition) is 1. The average Bonchev–Trinajstić information content (AvgIpc) is 3.05. The van der Waals surface area contributed by atoms with E-state index in [-0.39, 0.29) is 5.91 Å². The van der Waals surface area contributed by atoms with Gasteiger partial charge in [0.2, 0.25) is 5.88 Å². The van der Waals surface area contributed by atoms with Crippen LogP contribution in [0.4, 0.5) is 5.13 Å². The maximum atomic E-state index is 12.4. The fraction of sp³-hybridized carbons (Fsp3) is 0.167. The van der Waals surface area contributed by atoms with Gasteiger partial charge < -0.3 is 4.74 Å². The minimum Gasteiger partial charge on any atom is -0.477 e. The number of amides is 1. The van der Waals surface area contributed by atoms with Crippen LogP contribution in [0.2, 0.25) is 5.02 Å². The third-order valence-corrected chi connectivity index (χ3v) is 4.67. The van der Waals surface area contributed by atoms with Crippen molar-refractivity contribution >= 4 is 34.0 Å². The van der Waals surface area contributed by atoms with E-state index < -0.39 is 0 Å². The minimum absolute atomic E-state index is 0.296. The van der Waals surface area contributed by atoms with Gasteiger partial charge in [-0.2, -0.15) is 0 Å². The van der Waals surface area contributed by atoms with Crippen LogP contribution >= 0.6 is 22.9 Å². The van der Waals surface area contributed by atoms with Gasteiger partial charge in [0.15, 0.2) is 5.13 Å². The third kappa shape index (κ3) is 4.35. The third-order valence-electron chi connectivity index (χ3n) is 3.39. The molecule has 0 spiro atoms. The second-order valence-corrected chi connectivity index (χ2v) is 6.67. The number of nitrogens with one attached hydrogen (secondary N) is 1. The Bertz CT molecular complexity index is 882. The summed E-state index contributed by atoms with van der Waals surface area (Å²) in [7, 11) is 0. The fourth-order valence-corrected chi connectivity index (χ4v) is 3.29. The Morgan fingerprint density at radius 2 is 2.08 bits per heavy atom. The number of pyridine rings is 1. The van der Waals surface area contributed by atoms with Crippen LogP contribution in [0, 0.1) is 0 Å². The van der Waals surface area contributed by atoms with Gasteiger partial charge in [0.25, 0.3) is 5.91 Å². The zero-order chi connectivity index (χ0) is 17.6. The van der Waals surface area contributed by atoms with Crippen LogP contribution < -0.4 is 10.1 Å². The molecule has 0 unspecified atom stereocenters. The number of thiazole rings is 1. The smallest absolute Gasteiger partial charge is 0.262 e. The molecule has 3 rings (SSSR count). The van der Waals surface area contributed by atoms with E-state index in [1.165, 1.54) is 11.3 Å². The first-order chi connectivity index (χ1) is 12.2. The van der Waals surface area contributed by atoms with Gasteiger partial charge >= 0.3 is 0 Å². The molecule has 0 saturated carbocycles. The van der Waals surface area contributed by atoms with Crippen LogP contribution in [0.15, 0.2) is 48.8 Å². The molecule has 5 nitrogen and oxygen atoms in total. The number of hydrogen-bond acceptors (Lipinski definition) is 5. The first-order valence-corrected chi connectivity index (χ1v) is 8.94. The Hall–Kier alpha value is -2.44. The fourth-order valence-electron chi connectivity index (χ4n) is 2.26. The largest absolute Gasteiger partial charge is 0.477 e. The van der Waals surface area contributed by atoms with E-state index in [0.29, 0.717) is 29.6 Å². The van der Waals surface area contributed by atoms with Gasteiger partial charge in [-0.15, -0.1) is 11.3 Å². The van der Waals surface area contributed by atoms with Crippen molar-refractivity contribution in [3.63, 3.8) is 0 Å². The molecule has 0 aliphatic carbocycles. The first-order valence-electron chi connectivity index (χ1n) is 7.74. The van der Waals surface area contributed by atoms with Gasteiger partial charge in [0, 0.05) is 28.7 Å². The van der Waals surface area contributed by atoms with Crippen molar-refractivity contribution in [1.29, 1.82) is 0 Å². The Balaban J connectivity index is 1.71. The Kier molecular flexibility index (Phi) is 5.63. The summed E-state index contributed by atoms with van der Waals surface area (Å²) in [5, 5.41) is 4.04.